The second-order valence-corrected chi connectivity index (χ2v) is 5.41. The molecule has 20 heavy (non-hydrogen) atoms. The Balaban J connectivity index is 1.42. The fourth-order valence-electron chi connectivity index (χ4n) is 2.80. The van der Waals surface area contributed by atoms with Gasteiger partial charge in [0.05, 0.1) is 0 Å². The number of aromatic nitrogens is 1. The van der Waals surface area contributed by atoms with Crippen LogP contribution in [0.15, 0.2) is 48.7 Å². The van der Waals surface area contributed by atoms with Gasteiger partial charge in [0.15, 0.2) is 0 Å². The summed E-state index contributed by atoms with van der Waals surface area (Å²) in [6.45, 7) is 0.936. The van der Waals surface area contributed by atoms with Crippen LogP contribution in [-0.4, -0.2) is 17.6 Å². The highest BCUT2D eigenvalue weighted by Gasteiger charge is 2.31. The molecule has 1 fully saturated rings. The maximum atomic E-state index is 13.6. The van der Waals surface area contributed by atoms with Gasteiger partial charge in [0.25, 0.3) is 0 Å². The van der Waals surface area contributed by atoms with Crippen LogP contribution in [0.3, 0.4) is 0 Å². The lowest BCUT2D eigenvalue weighted by Crippen LogP contribution is -2.41. The minimum Gasteiger partial charge on any atom is -0.314 e. The van der Waals surface area contributed by atoms with Gasteiger partial charge < -0.3 is 5.32 Å². The van der Waals surface area contributed by atoms with Crippen LogP contribution in [0.25, 0.3) is 0 Å². The summed E-state index contributed by atoms with van der Waals surface area (Å²) in [6, 6.07) is 13.6. The van der Waals surface area contributed by atoms with Crippen molar-refractivity contribution in [2.45, 2.75) is 31.2 Å². The third-order valence-corrected chi connectivity index (χ3v) is 4.02. The normalized spacial score (nSPS) is 21.4. The highest BCUT2D eigenvalue weighted by atomic mass is 19.1. The van der Waals surface area contributed by atoms with Crippen molar-refractivity contribution < 1.29 is 4.39 Å². The van der Waals surface area contributed by atoms with E-state index in [1.165, 1.54) is 0 Å². The third kappa shape index (κ3) is 3.05. The van der Waals surface area contributed by atoms with Crippen LogP contribution in [0.2, 0.25) is 0 Å². The predicted molar refractivity (Wildman–Crippen MR) is 78.1 cm³/mol. The molecule has 0 atom stereocenters. The Morgan fingerprint density at radius 3 is 2.65 bits per heavy atom. The van der Waals surface area contributed by atoms with Crippen molar-refractivity contribution in [1.82, 2.24) is 10.3 Å². The Morgan fingerprint density at radius 1 is 1.10 bits per heavy atom. The highest BCUT2D eigenvalue weighted by Crippen LogP contribution is 2.37. The average Bonchev–Trinajstić information content (AvgIpc) is 2.44. The van der Waals surface area contributed by atoms with Crippen molar-refractivity contribution >= 4 is 0 Å². The average molecular weight is 270 g/mol. The number of benzene rings is 1. The zero-order valence-corrected chi connectivity index (χ0v) is 11.4. The Bertz CT molecular complexity index is 550. The maximum absolute atomic E-state index is 13.6. The quantitative estimate of drug-likeness (QED) is 0.901. The SMILES string of the molecule is Fc1ccccc1C1CC(NCCc2ccccn2)C1. The molecule has 1 saturated carbocycles. The van der Waals surface area contributed by atoms with E-state index >= 15 is 0 Å². The second-order valence-electron chi connectivity index (χ2n) is 5.41. The number of rotatable bonds is 5. The lowest BCUT2D eigenvalue weighted by atomic mass is 9.75. The van der Waals surface area contributed by atoms with Crippen molar-refractivity contribution in [3.63, 3.8) is 0 Å². The zero-order chi connectivity index (χ0) is 13.8. The molecule has 0 saturated heterocycles. The molecule has 1 aromatic heterocycles. The summed E-state index contributed by atoms with van der Waals surface area (Å²) in [4.78, 5) is 4.30. The Hall–Kier alpha value is -1.74. The molecule has 0 radical (unpaired) electrons. The Labute approximate surface area is 119 Å². The molecule has 0 spiro atoms. The molecule has 1 heterocycles. The number of nitrogens with one attached hydrogen (secondary N) is 1. The molecular weight excluding hydrogens is 251 g/mol. The van der Waals surface area contributed by atoms with Crippen LogP contribution in [0, 0.1) is 5.82 Å². The topological polar surface area (TPSA) is 24.9 Å². The van der Waals surface area contributed by atoms with E-state index in [1.807, 2.05) is 36.5 Å². The smallest absolute Gasteiger partial charge is 0.126 e. The minimum atomic E-state index is -0.0653. The molecule has 3 heteroatoms. The van der Waals surface area contributed by atoms with E-state index in [2.05, 4.69) is 10.3 Å². The molecule has 1 N–H and O–H groups in total. The van der Waals surface area contributed by atoms with E-state index in [-0.39, 0.29) is 5.82 Å². The van der Waals surface area contributed by atoms with Gasteiger partial charge >= 0.3 is 0 Å². The van der Waals surface area contributed by atoms with E-state index in [0.717, 1.165) is 37.1 Å². The summed E-state index contributed by atoms with van der Waals surface area (Å²) in [5.74, 6) is 0.313. The summed E-state index contributed by atoms with van der Waals surface area (Å²) < 4.78 is 13.6. The molecule has 1 aliphatic carbocycles. The largest absolute Gasteiger partial charge is 0.314 e. The van der Waals surface area contributed by atoms with Gasteiger partial charge in [-0.3, -0.25) is 4.98 Å². The van der Waals surface area contributed by atoms with Gasteiger partial charge in [0.1, 0.15) is 5.82 Å². The lowest BCUT2D eigenvalue weighted by Gasteiger charge is -2.36. The number of pyridine rings is 1. The highest BCUT2D eigenvalue weighted by molar-refractivity contribution is 5.24. The standard InChI is InChI=1S/C17H19FN2/c18-17-7-2-1-6-16(17)13-11-15(12-13)20-10-8-14-5-3-4-9-19-14/h1-7,9,13,15,20H,8,10-12H2. The summed E-state index contributed by atoms with van der Waals surface area (Å²) in [7, 11) is 0. The lowest BCUT2D eigenvalue weighted by molar-refractivity contribution is 0.287. The molecule has 0 bridgehead atoms. The first kappa shape index (κ1) is 13.3. The number of halogens is 1. The molecule has 0 amide bonds. The Morgan fingerprint density at radius 2 is 1.90 bits per heavy atom. The van der Waals surface area contributed by atoms with Crippen molar-refractivity contribution in [1.29, 1.82) is 0 Å². The van der Waals surface area contributed by atoms with Gasteiger partial charge in [0, 0.05) is 30.9 Å². The molecule has 1 aliphatic rings. The molecule has 2 nitrogen and oxygen atoms in total. The van der Waals surface area contributed by atoms with Crippen molar-refractivity contribution in [2.75, 3.05) is 6.54 Å². The fourth-order valence-corrected chi connectivity index (χ4v) is 2.80. The van der Waals surface area contributed by atoms with E-state index in [0.29, 0.717) is 12.0 Å². The number of hydrogen-bond acceptors (Lipinski definition) is 2. The number of nitrogens with zero attached hydrogens (tertiary/aromatic N) is 1. The molecule has 3 rings (SSSR count). The van der Waals surface area contributed by atoms with Crippen LogP contribution >= 0.6 is 0 Å². The van der Waals surface area contributed by atoms with Crippen LogP contribution < -0.4 is 5.32 Å². The summed E-state index contributed by atoms with van der Waals surface area (Å²) in [5.41, 5.74) is 1.99. The van der Waals surface area contributed by atoms with Crippen LogP contribution in [0.4, 0.5) is 4.39 Å². The summed E-state index contributed by atoms with van der Waals surface area (Å²) in [5, 5.41) is 3.52. The van der Waals surface area contributed by atoms with Gasteiger partial charge in [-0.05, 0) is 42.5 Å². The minimum absolute atomic E-state index is 0.0653. The van der Waals surface area contributed by atoms with Gasteiger partial charge in [-0.1, -0.05) is 24.3 Å². The molecule has 0 aliphatic heterocycles. The first-order valence-electron chi connectivity index (χ1n) is 7.20. The van der Waals surface area contributed by atoms with Crippen molar-refractivity contribution in [3.05, 3.63) is 65.7 Å². The first-order chi connectivity index (χ1) is 9.83. The first-order valence-corrected chi connectivity index (χ1v) is 7.20. The molecule has 104 valence electrons. The number of hydrogen-bond donors (Lipinski definition) is 1. The van der Waals surface area contributed by atoms with E-state index < -0.39 is 0 Å². The van der Waals surface area contributed by atoms with Crippen LogP contribution in [0.5, 0.6) is 0 Å². The van der Waals surface area contributed by atoms with Crippen LogP contribution in [0.1, 0.15) is 30.0 Å². The monoisotopic (exact) mass is 270 g/mol. The van der Waals surface area contributed by atoms with Crippen molar-refractivity contribution in [3.8, 4) is 0 Å². The second kappa shape index (κ2) is 6.14. The zero-order valence-electron chi connectivity index (χ0n) is 11.4. The van der Waals surface area contributed by atoms with Gasteiger partial charge in [-0.25, -0.2) is 4.39 Å². The van der Waals surface area contributed by atoms with E-state index in [9.17, 15) is 4.39 Å². The maximum Gasteiger partial charge on any atom is 0.126 e. The summed E-state index contributed by atoms with van der Waals surface area (Å²) in [6.07, 6.45) is 4.83. The van der Waals surface area contributed by atoms with Crippen molar-refractivity contribution in [2.24, 2.45) is 0 Å². The summed E-state index contributed by atoms with van der Waals surface area (Å²) >= 11 is 0. The van der Waals surface area contributed by atoms with E-state index in [4.69, 9.17) is 0 Å². The molecule has 0 unspecified atom stereocenters. The third-order valence-electron chi connectivity index (χ3n) is 4.02. The predicted octanol–water partition coefficient (Wildman–Crippen LogP) is 3.30. The molecular formula is C17H19FN2. The fraction of sp³-hybridized carbons (Fsp3) is 0.353. The Kier molecular flexibility index (Phi) is 4.07. The van der Waals surface area contributed by atoms with Gasteiger partial charge in [-0.2, -0.15) is 0 Å². The van der Waals surface area contributed by atoms with Crippen LogP contribution in [-0.2, 0) is 6.42 Å². The molecule has 2 aromatic rings. The molecule has 1 aromatic carbocycles. The van der Waals surface area contributed by atoms with Gasteiger partial charge in [-0.15, -0.1) is 0 Å². The van der Waals surface area contributed by atoms with E-state index in [1.54, 1.807) is 12.1 Å². The van der Waals surface area contributed by atoms with Gasteiger partial charge in [0.2, 0.25) is 0 Å².